The summed E-state index contributed by atoms with van der Waals surface area (Å²) < 4.78 is 0. The summed E-state index contributed by atoms with van der Waals surface area (Å²) in [5.41, 5.74) is 6.19. The minimum absolute atomic E-state index is 0.314. The maximum absolute atomic E-state index is 11.2. The minimum Gasteiger partial charge on any atom is -0.478 e. The molecule has 3 aliphatic rings. The van der Waals surface area contributed by atoms with Crippen LogP contribution in [-0.4, -0.2) is 21.0 Å². The number of hydrogen-bond acceptors (Lipinski definition) is 2. The van der Waals surface area contributed by atoms with Crippen molar-refractivity contribution < 1.29 is 9.90 Å². The van der Waals surface area contributed by atoms with Gasteiger partial charge in [-0.2, -0.15) is 0 Å². The average molecular weight is 302 g/mol. The molecule has 1 aliphatic carbocycles. The Labute approximate surface area is 132 Å². The summed E-state index contributed by atoms with van der Waals surface area (Å²) in [6, 6.07) is 5.88. The van der Waals surface area contributed by atoms with Crippen LogP contribution >= 0.6 is 0 Å². The molecular formula is C19H14N2O2. The summed E-state index contributed by atoms with van der Waals surface area (Å²) in [7, 11) is 0. The van der Waals surface area contributed by atoms with Crippen LogP contribution in [0, 0.1) is 5.92 Å². The lowest BCUT2D eigenvalue weighted by Gasteiger charge is -2.24. The number of nitrogens with zero attached hydrogens (tertiary/aromatic N) is 1. The molecule has 0 amide bonds. The van der Waals surface area contributed by atoms with Gasteiger partial charge in [0.2, 0.25) is 0 Å². The summed E-state index contributed by atoms with van der Waals surface area (Å²) in [5, 5.41) is 9.94. The zero-order valence-electron chi connectivity index (χ0n) is 12.3. The first-order valence-corrected chi connectivity index (χ1v) is 7.65. The van der Waals surface area contributed by atoms with E-state index in [0.29, 0.717) is 11.5 Å². The Balaban J connectivity index is 1.59. The molecule has 1 saturated carbocycles. The number of rotatable bonds is 2. The lowest BCUT2D eigenvalue weighted by molar-refractivity contribution is 0.0699. The van der Waals surface area contributed by atoms with E-state index >= 15 is 0 Å². The molecule has 1 fully saturated rings. The summed E-state index contributed by atoms with van der Waals surface area (Å²) in [4.78, 5) is 16.4. The van der Waals surface area contributed by atoms with Gasteiger partial charge in [0.1, 0.15) is 0 Å². The first kappa shape index (κ1) is 12.5. The van der Waals surface area contributed by atoms with E-state index in [4.69, 9.17) is 0 Å². The number of hydrogen-bond donors (Lipinski definition) is 2. The van der Waals surface area contributed by atoms with E-state index < -0.39 is 5.97 Å². The number of aromatic carboxylic acids is 1. The van der Waals surface area contributed by atoms with E-state index in [1.807, 2.05) is 18.2 Å². The van der Waals surface area contributed by atoms with Gasteiger partial charge in [-0.1, -0.05) is 18.2 Å². The third kappa shape index (κ3) is 1.81. The normalized spacial score (nSPS) is 21.3. The highest BCUT2D eigenvalue weighted by molar-refractivity contribution is 6.04. The number of carboxylic acid groups (broad SMARTS) is 1. The number of aromatic amines is 1. The molecule has 1 unspecified atom stereocenters. The Morgan fingerprint density at radius 1 is 1.30 bits per heavy atom. The fraction of sp³-hybridized carbons (Fsp3) is 0.105. The van der Waals surface area contributed by atoms with Gasteiger partial charge in [0.15, 0.2) is 0 Å². The fourth-order valence-electron chi connectivity index (χ4n) is 3.41. The SMILES string of the molecule is O=C(O)c1c[nH]c2cc(C3=CC4=C5CC5C=CN4C=C3)ccc12. The molecular weight excluding hydrogens is 288 g/mol. The van der Waals surface area contributed by atoms with Gasteiger partial charge in [-0.3, -0.25) is 0 Å². The van der Waals surface area contributed by atoms with Crippen molar-refractivity contribution in [2.75, 3.05) is 0 Å². The second kappa shape index (κ2) is 4.26. The quantitative estimate of drug-likeness (QED) is 0.885. The number of aromatic nitrogens is 1. The van der Waals surface area contributed by atoms with Gasteiger partial charge < -0.3 is 15.0 Å². The molecule has 0 saturated heterocycles. The molecule has 2 N–H and O–H groups in total. The van der Waals surface area contributed by atoms with Gasteiger partial charge in [0.25, 0.3) is 0 Å². The van der Waals surface area contributed by atoms with Crippen LogP contribution in [0.1, 0.15) is 22.3 Å². The van der Waals surface area contributed by atoms with Crippen molar-refractivity contribution in [3.8, 4) is 0 Å². The van der Waals surface area contributed by atoms with Crippen molar-refractivity contribution in [1.29, 1.82) is 0 Å². The first-order chi connectivity index (χ1) is 11.2. The third-order valence-electron chi connectivity index (χ3n) is 4.77. The Morgan fingerprint density at radius 3 is 3.09 bits per heavy atom. The van der Waals surface area contributed by atoms with Crippen molar-refractivity contribution >= 4 is 22.4 Å². The Kier molecular flexibility index (Phi) is 2.32. The van der Waals surface area contributed by atoms with Crippen molar-refractivity contribution in [1.82, 2.24) is 9.88 Å². The van der Waals surface area contributed by atoms with Crippen LogP contribution in [-0.2, 0) is 0 Å². The smallest absolute Gasteiger partial charge is 0.337 e. The molecule has 2 aromatic rings. The van der Waals surface area contributed by atoms with E-state index in [1.165, 1.54) is 11.3 Å². The van der Waals surface area contributed by atoms with Crippen LogP contribution in [0.3, 0.4) is 0 Å². The molecule has 5 rings (SSSR count). The van der Waals surface area contributed by atoms with E-state index in [0.717, 1.165) is 28.5 Å². The molecule has 23 heavy (non-hydrogen) atoms. The molecule has 4 nitrogen and oxygen atoms in total. The standard InChI is InChI=1S/C19H14N2O2/c22-19(23)16-10-20-17-8-11(1-2-14(16)17)12-3-5-21-6-4-13-7-15(13)18(21)9-12/h1-6,8-10,13,20H,7H2,(H,22,23). The molecule has 1 atom stereocenters. The second-order valence-corrected chi connectivity index (χ2v) is 6.15. The highest BCUT2D eigenvalue weighted by Gasteiger charge is 2.35. The van der Waals surface area contributed by atoms with Gasteiger partial charge in [0.05, 0.1) is 5.56 Å². The molecule has 0 radical (unpaired) electrons. The molecule has 0 bridgehead atoms. The van der Waals surface area contributed by atoms with E-state index in [-0.39, 0.29) is 0 Å². The van der Waals surface area contributed by atoms with Gasteiger partial charge in [0, 0.05) is 41.1 Å². The van der Waals surface area contributed by atoms with Crippen LogP contribution < -0.4 is 0 Å². The predicted octanol–water partition coefficient (Wildman–Crippen LogP) is 3.88. The number of allylic oxidation sites excluding steroid dienone is 5. The van der Waals surface area contributed by atoms with Crippen molar-refractivity contribution in [3.63, 3.8) is 0 Å². The Hall–Kier alpha value is -3.01. The number of H-pyrrole nitrogens is 1. The van der Waals surface area contributed by atoms with Gasteiger partial charge in [-0.05, 0) is 41.3 Å². The van der Waals surface area contributed by atoms with Crippen LogP contribution in [0.2, 0.25) is 0 Å². The molecule has 3 heterocycles. The zero-order valence-corrected chi connectivity index (χ0v) is 12.3. The topological polar surface area (TPSA) is 56.3 Å². The van der Waals surface area contributed by atoms with Crippen LogP contribution in [0.15, 0.2) is 66.3 Å². The number of carbonyl (C=O) groups is 1. The molecule has 1 aromatic heterocycles. The van der Waals surface area contributed by atoms with Crippen LogP contribution in [0.25, 0.3) is 16.5 Å². The van der Waals surface area contributed by atoms with E-state index in [2.05, 4.69) is 40.5 Å². The fourth-order valence-corrected chi connectivity index (χ4v) is 3.41. The predicted molar refractivity (Wildman–Crippen MR) is 88.5 cm³/mol. The highest BCUT2D eigenvalue weighted by atomic mass is 16.4. The van der Waals surface area contributed by atoms with Gasteiger partial charge >= 0.3 is 5.97 Å². The minimum atomic E-state index is -0.905. The largest absolute Gasteiger partial charge is 0.478 e. The summed E-state index contributed by atoms with van der Waals surface area (Å²) in [5.74, 6) is -0.272. The van der Waals surface area contributed by atoms with Crippen molar-refractivity contribution in [3.05, 3.63) is 77.4 Å². The molecule has 2 aliphatic heterocycles. The number of fused-ring (bicyclic) bond motifs is 3. The Bertz CT molecular complexity index is 988. The summed E-state index contributed by atoms with van der Waals surface area (Å²) in [6.45, 7) is 0. The maximum Gasteiger partial charge on any atom is 0.337 e. The van der Waals surface area contributed by atoms with E-state index in [1.54, 1.807) is 6.20 Å². The van der Waals surface area contributed by atoms with Gasteiger partial charge in [-0.25, -0.2) is 4.79 Å². The first-order valence-electron chi connectivity index (χ1n) is 7.65. The third-order valence-corrected chi connectivity index (χ3v) is 4.77. The maximum atomic E-state index is 11.2. The van der Waals surface area contributed by atoms with Crippen LogP contribution in [0.5, 0.6) is 0 Å². The number of carboxylic acids is 1. The number of nitrogens with one attached hydrogen (secondary N) is 1. The molecule has 1 aromatic carbocycles. The molecule has 4 heteroatoms. The Morgan fingerprint density at radius 2 is 2.22 bits per heavy atom. The van der Waals surface area contributed by atoms with Crippen LogP contribution in [0.4, 0.5) is 0 Å². The molecule has 0 spiro atoms. The molecule has 112 valence electrons. The monoisotopic (exact) mass is 302 g/mol. The second-order valence-electron chi connectivity index (χ2n) is 6.15. The van der Waals surface area contributed by atoms with Crippen molar-refractivity contribution in [2.24, 2.45) is 5.92 Å². The lowest BCUT2D eigenvalue weighted by Crippen LogP contribution is -2.13. The summed E-state index contributed by atoms with van der Waals surface area (Å²) >= 11 is 0. The van der Waals surface area contributed by atoms with Gasteiger partial charge in [-0.15, -0.1) is 0 Å². The number of benzene rings is 1. The average Bonchev–Trinajstić information content (AvgIpc) is 3.24. The van der Waals surface area contributed by atoms with E-state index in [9.17, 15) is 9.90 Å². The lowest BCUT2D eigenvalue weighted by atomic mass is 9.99. The van der Waals surface area contributed by atoms with Crippen molar-refractivity contribution in [2.45, 2.75) is 6.42 Å². The zero-order chi connectivity index (χ0) is 15.6. The summed E-state index contributed by atoms with van der Waals surface area (Å²) in [6.07, 6.45) is 13.5. The highest BCUT2D eigenvalue weighted by Crippen LogP contribution is 2.47.